The number of nitrogens with zero attached hydrogens (tertiary/aromatic N) is 4. The van der Waals surface area contributed by atoms with Crippen molar-refractivity contribution >= 4 is 17.6 Å². The van der Waals surface area contributed by atoms with E-state index in [2.05, 4.69) is 5.32 Å². The number of benzene rings is 1. The number of anilines is 1. The number of aromatic nitrogens is 2. The van der Waals surface area contributed by atoms with Crippen LogP contribution in [0.2, 0.25) is 0 Å². The maximum atomic E-state index is 12.8. The van der Waals surface area contributed by atoms with Crippen LogP contribution in [0.4, 0.5) is 5.82 Å². The number of likely N-dealkylation sites (tertiary alicyclic amines) is 1. The molecule has 32 heavy (non-hydrogen) atoms. The lowest BCUT2D eigenvalue weighted by molar-refractivity contribution is -0.132. The van der Waals surface area contributed by atoms with Crippen LogP contribution in [0, 0.1) is 6.92 Å². The van der Waals surface area contributed by atoms with Gasteiger partial charge in [-0.15, -0.1) is 0 Å². The van der Waals surface area contributed by atoms with Crippen molar-refractivity contribution in [2.75, 3.05) is 38.6 Å². The van der Waals surface area contributed by atoms with E-state index >= 15 is 0 Å². The van der Waals surface area contributed by atoms with Crippen molar-refractivity contribution in [2.45, 2.75) is 45.6 Å². The molecule has 0 saturated carbocycles. The Kier molecular flexibility index (Phi) is 6.58. The van der Waals surface area contributed by atoms with Gasteiger partial charge < -0.3 is 19.9 Å². The standard InChI is InChI=1S/C24H31N5O3/c1-16-6-4-5-7-21(16)32-13-10-22(31)29-12-9-20-19(15-29)24(25-3)27-23(26-20)18-8-11-28(14-18)17(2)30/h4-7,18H,8-15H2,1-3H3,(H,25,26,27)/t18-/m1/s1. The van der Waals surface area contributed by atoms with E-state index in [1.54, 1.807) is 6.92 Å². The summed E-state index contributed by atoms with van der Waals surface area (Å²) in [4.78, 5) is 37.8. The first-order chi connectivity index (χ1) is 15.5. The van der Waals surface area contributed by atoms with Gasteiger partial charge in [-0.05, 0) is 25.0 Å². The summed E-state index contributed by atoms with van der Waals surface area (Å²) in [6, 6.07) is 7.82. The van der Waals surface area contributed by atoms with Gasteiger partial charge in [0.05, 0.1) is 25.3 Å². The van der Waals surface area contributed by atoms with Crippen LogP contribution < -0.4 is 10.1 Å². The molecule has 0 unspecified atom stereocenters. The molecule has 1 fully saturated rings. The number of nitrogens with one attached hydrogen (secondary N) is 1. The average Bonchev–Trinajstić information content (AvgIpc) is 3.30. The predicted octanol–water partition coefficient (Wildman–Crippen LogP) is 2.52. The molecule has 1 aromatic heterocycles. The normalized spacial score (nSPS) is 17.8. The SMILES string of the molecule is CNc1nc([C@@H]2CCN(C(C)=O)C2)nc2c1CN(C(=O)CCOc1ccccc1C)CC2. The molecule has 170 valence electrons. The highest BCUT2D eigenvalue weighted by Gasteiger charge is 2.31. The summed E-state index contributed by atoms with van der Waals surface area (Å²) in [5.41, 5.74) is 3.05. The number of hydrogen-bond donors (Lipinski definition) is 1. The van der Waals surface area contributed by atoms with Crippen molar-refractivity contribution < 1.29 is 14.3 Å². The molecule has 0 bridgehead atoms. The molecule has 4 rings (SSSR count). The molecule has 0 spiro atoms. The maximum Gasteiger partial charge on any atom is 0.226 e. The first-order valence-electron chi connectivity index (χ1n) is 11.3. The molecule has 1 aromatic carbocycles. The second kappa shape index (κ2) is 9.54. The highest BCUT2D eigenvalue weighted by Crippen LogP contribution is 2.30. The molecule has 2 aromatic rings. The van der Waals surface area contributed by atoms with Gasteiger partial charge in [-0.3, -0.25) is 9.59 Å². The number of carbonyl (C=O) groups excluding carboxylic acids is 2. The lowest BCUT2D eigenvalue weighted by Gasteiger charge is -2.30. The van der Waals surface area contributed by atoms with Gasteiger partial charge in [-0.2, -0.15) is 0 Å². The Balaban J connectivity index is 1.40. The van der Waals surface area contributed by atoms with E-state index < -0.39 is 0 Å². The molecule has 8 heteroatoms. The molecular formula is C24H31N5O3. The Bertz CT molecular complexity index is 992. The molecule has 2 aliphatic heterocycles. The third kappa shape index (κ3) is 4.69. The number of ether oxygens (including phenoxy) is 1. The number of hydrogen-bond acceptors (Lipinski definition) is 6. The van der Waals surface area contributed by atoms with E-state index in [1.807, 2.05) is 48.0 Å². The number of carbonyl (C=O) groups is 2. The first-order valence-corrected chi connectivity index (χ1v) is 11.3. The number of rotatable bonds is 6. The quantitative estimate of drug-likeness (QED) is 0.747. The predicted molar refractivity (Wildman–Crippen MR) is 122 cm³/mol. The van der Waals surface area contributed by atoms with Crippen molar-refractivity contribution in [2.24, 2.45) is 0 Å². The Morgan fingerprint density at radius 1 is 1.19 bits per heavy atom. The third-order valence-corrected chi connectivity index (χ3v) is 6.33. The minimum Gasteiger partial charge on any atom is -0.493 e. The van der Waals surface area contributed by atoms with E-state index in [0.717, 1.165) is 47.2 Å². The molecule has 1 atom stereocenters. The largest absolute Gasteiger partial charge is 0.493 e. The maximum absolute atomic E-state index is 12.8. The second-order valence-electron chi connectivity index (χ2n) is 8.49. The van der Waals surface area contributed by atoms with Crippen LogP contribution in [0.5, 0.6) is 5.75 Å². The topological polar surface area (TPSA) is 87.7 Å². The number of para-hydroxylation sites is 1. The minimum atomic E-state index is 0.0725. The van der Waals surface area contributed by atoms with E-state index in [-0.39, 0.29) is 17.7 Å². The Labute approximate surface area is 189 Å². The summed E-state index contributed by atoms with van der Waals surface area (Å²) in [6.45, 7) is 6.52. The zero-order valence-corrected chi connectivity index (χ0v) is 19.1. The summed E-state index contributed by atoms with van der Waals surface area (Å²) >= 11 is 0. The van der Waals surface area contributed by atoms with Crippen LogP contribution in [0.3, 0.4) is 0 Å². The summed E-state index contributed by atoms with van der Waals surface area (Å²) in [6.07, 6.45) is 1.92. The summed E-state index contributed by atoms with van der Waals surface area (Å²) in [5.74, 6) is 2.72. The van der Waals surface area contributed by atoms with Gasteiger partial charge in [0.25, 0.3) is 0 Å². The smallest absolute Gasteiger partial charge is 0.226 e. The molecule has 1 saturated heterocycles. The fourth-order valence-electron chi connectivity index (χ4n) is 4.42. The molecule has 0 aliphatic carbocycles. The van der Waals surface area contributed by atoms with Crippen LogP contribution in [0.25, 0.3) is 0 Å². The Morgan fingerprint density at radius 3 is 2.72 bits per heavy atom. The molecule has 2 aliphatic rings. The number of fused-ring (bicyclic) bond motifs is 1. The van der Waals surface area contributed by atoms with Gasteiger partial charge in [0.1, 0.15) is 17.4 Å². The van der Waals surface area contributed by atoms with Crippen molar-refractivity contribution in [1.82, 2.24) is 19.8 Å². The molecular weight excluding hydrogens is 406 g/mol. The van der Waals surface area contributed by atoms with E-state index in [9.17, 15) is 9.59 Å². The van der Waals surface area contributed by atoms with Gasteiger partial charge >= 0.3 is 0 Å². The molecule has 1 N–H and O–H groups in total. The van der Waals surface area contributed by atoms with Gasteiger partial charge in [0, 0.05) is 51.5 Å². The van der Waals surface area contributed by atoms with E-state index in [0.29, 0.717) is 39.1 Å². The van der Waals surface area contributed by atoms with Crippen LogP contribution in [-0.4, -0.2) is 64.9 Å². The van der Waals surface area contributed by atoms with Gasteiger partial charge in [-0.25, -0.2) is 9.97 Å². The zero-order valence-electron chi connectivity index (χ0n) is 19.1. The highest BCUT2D eigenvalue weighted by atomic mass is 16.5. The molecule has 3 heterocycles. The monoisotopic (exact) mass is 437 g/mol. The lowest BCUT2D eigenvalue weighted by atomic mass is 10.0. The van der Waals surface area contributed by atoms with E-state index in [4.69, 9.17) is 14.7 Å². The third-order valence-electron chi connectivity index (χ3n) is 6.33. The fourth-order valence-corrected chi connectivity index (χ4v) is 4.42. The Morgan fingerprint density at radius 2 is 2.00 bits per heavy atom. The second-order valence-corrected chi connectivity index (χ2v) is 8.49. The summed E-state index contributed by atoms with van der Waals surface area (Å²) in [7, 11) is 1.85. The summed E-state index contributed by atoms with van der Waals surface area (Å²) in [5, 5.41) is 3.19. The van der Waals surface area contributed by atoms with Crippen LogP contribution in [0.15, 0.2) is 24.3 Å². The van der Waals surface area contributed by atoms with Crippen molar-refractivity contribution in [3.63, 3.8) is 0 Å². The number of amides is 2. The van der Waals surface area contributed by atoms with Crippen molar-refractivity contribution in [3.8, 4) is 5.75 Å². The van der Waals surface area contributed by atoms with E-state index in [1.165, 1.54) is 0 Å². The molecule has 0 radical (unpaired) electrons. The van der Waals surface area contributed by atoms with Crippen molar-refractivity contribution in [3.05, 3.63) is 46.9 Å². The van der Waals surface area contributed by atoms with Crippen LogP contribution >= 0.6 is 0 Å². The lowest BCUT2D eigenvalue weighted by Crippen LogP contribution is -2.37. The summed E-state index contributed by atoms with van der Waals surface area (Å²) < 4.78 is 5.80. The fraction of sp³-hybridized carbons (Fsp3) is 0.500. The van der Waals surface area contributed by atoms with Gasteiger partial charge in [0.15, 0.2) is 0 Å². The molecule has 2 amide bonds. The molecule has 8 nitrogen and oxygen atoms in total. The van der Waals surface area contributed by atoms with Crippen LogP contribution in [-0.2, 0) is 22.6 Å². The van der Waals surface area contributed by atoms with Gasteiger partial charge in [0.2, 0.25) is 11.8 Å². The minimum absolute atomic E-state index is 0.0725. The Hall–Kier alpha value is -3.16. The highest BCUT2D eigenvalue weighted by molar-refractivity contribution is 5.77. The van der Waals surface area contributed by atoms with Crippen molar-refractivity contribution in [1.29, 1.82) is 0 Å². The zero-order chi connectivity index (χ0) is 22.7. The van der Waals surface area contributed by atoms with Gasteiger partial charge in [-0.1, -0.05) is 18.2 Å². The first kappa shape index (κ1) is 22.0. The average molecular weight is 438 g/mol. The number of aryl methyl sites for hydroxylation is 1. The van der Waals surface area contributed by atoms with Crippen LogP contribution in [0.1, 0.15) is 48.3 Å².